The Kier molecular flexibility index (Phi) is 23.7. The van der Waals surface area contributed by atoms with E-state index in [-0.39, 0.29) is 16.2 Å². The number of para-hydroxylation sites is 3. The van der Waals surface area contributed by atoms with Crippen molar-refractivity contribution in [1.82, 2.24) is 0 Å². The Labute approximate surface area is 832 Å². The van der Waals surface area contributed by atoms with Crippen molar-refractivity contribution in [2.45, 2.75) is 290 Å². The Morgan fingerprint density at radius 3 is 1.04 bits per heavy atom. The van der Waals surface area contributed by atoms with Gasteiger partial charge in [-0.05, 0) is 302 Å². The Balaban J connectivity index is 0.566. The van der Waals surface area contributed by atoms with E-state index in [1.807, 2.05) is 0 Å². The number of unbranched alkanes of at least 4 members (excludes halogenated alkanes) is 19. The summed E-state index contributed by atoms with van der Waals surface area (Å²) >= 11 is 0. The van der Waals surface area contributed by atoms with Crippen LogP contribution in [0.4, 0.5) is 17.1 Å². The van der Waals surface area contributed by atoms with Gasteiger partial charge in [0, 0.05) is 83.4 Å². The van der Waals surface area contributed by atoms with Crippen LogP contribution in [0.15, 0.2) is 288 Å². The van der Waals surface area contributed by atoms with Crippen LogP contribution in [0.2, 0.25) is 0 Å². The maximum absolute atomic E-state index is 7.47. The minimum Gasteiger partial charge on any atom is -0.455 e. The number of ether oxygens (including phenoxy) is 1. The lowest BCUT2D eigenvalue weighted by atomic mass is 9.70. The fourth-order valence-corrected chi connectivity index (χ4v) is 27.1. The van der Waals surface area contributed by atoms with Gasteiger partial charge in [0.15, 0.2) is 0 Å². The Hall–Kier alpha value is -12.3. The van der Waals surface area contributed by atoms with E-state index in [0.717, 1.165) is 87.2 Å². The first kappa shape index (κ1) is 91.4. The standard InChI is InChI=1S/C136H139NO3/c1-14-18-22-26-29-43-73-135(74-44-30-27-23-19-15-2)110-52-38-34-48-96(110)102-67-59-90(79-118(102)135)88-57-65-98-100-69-61-92(81-114(100)131(6,7)112(98)77-88)108-85-120-125(127-106-50-36-41-55-123(106)139-129(108)127)104-71-63-94(83-116(104)133(120,10)11)137(122-54-40-33-47-87(122)5)95-64-72-105-117(84-95)134(12,13)121-86-109(130-128(126(105)121)107-51-37-42-56-124(107)140-130)93-62-70-101-99-66-58-89(78-113(99)132(8,9)115(101)82-93)91-60-68-103-97-49-35-39-53-111(97)136(119(103)80-91,75-45-31-28-24-20-16-3)138-76-46-32-25-21-17-4/h33-42,47-72,77-86H,14-32,43-46,73-76H2,1-13H3. The number of benzene rings is 15. The third-order valence-corrected chi connectivity index (χ3v) is 34.8. The Morgan fingerprint density at radius 1 is 0.250 bits per heavy atom. The molecule has 17 aromatic rings. The Morgan fingerprint density at radius 2 is 0.579 bits per heavy atom. The minimum absolute atomic E-state index is 0.0178. The van der Waals surface area contributed by atoms with Crippen LogP contribution in [-0.2, 0) is 37.4 Å². The first-order valence-electron chi connectivity index (χ1n) is 54.1. The average molecular weight is 1840 g/mol. The molecule has 1 atom stereocenters. The predicted octanol–water partition coefficient (Wildman–Crippen LogP) is 39.9. The number of rotatable bonds is 35. The molecule has 0 amide bonds. The lowest BCUT2D eigenvalue weighted by Gasteiger charge is -2.33. The molecular formula is C136H139NO3. The highest BCUT2D eigenvalue weighted by Crippen LogP contribution is 2.64. The second kappa shape index (κ2) is 36.3. The van der Waals surface area contributed by atoms with Gasteiger partial charge in [0.05, 0.1) is 0 Å². The van der Waals surface area contributed by atoms with Crippen molar-refractivity contribution in [2.75, 3.05) is 11.5 Å². The summed E-state index contributed by atoms with van der Waals surface area (Å²) in [6.45, 7) is 32.0. The molecule has 4 heteroatoms. The third-order valence-electron chi connectivity index (χ3n) is 34.8. The zero-order valence-electron chi connectivity index (χ0n) is 85.3. The van der Waals surface area contributed by atoms with E-state index in [9.17, 15) is 0 Å². The van der Waals surface area contributed by atoms with Gasteiger partial charge in [0.25, 0.3) is 0 Å². The number of fused-ring (bicyclic) bond motifs is 26. The van der Waals surface area contributed by atoms with Crippen LogP contribution in [0.1, 0.15) is 322 Å². The van der Waals surface area contributed by atoms with Crippen LogP contribution < -0.4 is 4.90 Å². The highest BCUT2D eigenvalue weighted by atomic mass is 16.5. The molecular weight excluding hydrogens is 1700 g/mol. The van der Waals surface area contributed by atoms with Crippen molar-refractivity contribution < 1.29 is 13.6 Å². The van der Waals surface area contributed by atoms with Crippen LogP contribution >= 0.6 is 0 Å². The number of aryl methyl sites for hydroxylation is 1. The van der Waals surface area contributed by atoms with Gasteiger partial charge in [0.2, 0.25) is 0 Å². The third kappa shape index (κ3) is 14.8. The number of hydrogen-bond acceptors (Lipinski definition) is 4. The fourth-order valence-electron chi connectivity index (χ4n) is 27.1. The lowest BCUT2D eigenvalue weighted by Crippen LogP contribution is -2.30. The van der Waals surface area contributed by atoms with E-state index in [4.69, 9.17) is 13.6 Å². The van der Waals surface area contributed by atoms with Crippen LogP contribution in [0.25, 0.3) is 155 Å². The molecule has 0 saturated heterocycles. The molecule has 6 aliphatic rings. The largest absolute Gasteiger partial charge is 0.455 e. The second-order valence-electron chi connectivity index (χ2n) is 44.8. The molecule has 0 radical (unpaired) electrons. The number of anilines is 3. The van der Waals surface area contributed by atoms with Crippen molar-refractivity contribution in [3.05, 3.63) is 351 Å². The number of nitrogens with zero attached hydrogens (tertiary/aromatic N) is 1. The van der Waals surface area contributed by atoms with E-state index in [1.165, 1.54) is 320 Å². The molecule has 0 bridgehead atoms. The van der Waals surface area contributed by atoms with Gasteiger partial charge >= 0.3 is 0 Å². The number of hydrogen-bond donors (Lipinski definition) is 0. The Bertz CT molecular complexity index is 7260. The summed E-state index contributed by atoms with van der Waals surface area (Å²) in [6.07, 6.45) is 32.8. The van der Waals surface area contributed by atoms with Crippen LogP contribution in [0.5, 0.6) is 0 Å². The average Bonchev–Trinajstić information content (AvgIpc) is 1.53. The summed E-state index contributed by atoms with van der Waals surface area (Å²) in [4.78, 5) is 2.54. The molecule has 6 aliphatic carbocycles. The second-order valence-corrected chi connectivity index (χ2v) is 44.8. The SMILES string of the molecule is CCCCCCCCC1(CCCCCCCC)c2ccccc2-c2ccc(-c3ccc4c(c3)C(C)(C)c3cc(-c5cc6c(c7c5oc5ccccc57)-c5ccc(N(c7ccc8c(c7)C(C)(C)c7cc(-c9ccc%10c(c9)C(C)(C)c9cc(-c%11ccc%12c(c%11)C(CCCCCCCC)(OCCCCCCC)c%11ccccc%11-%12)ccc9-%10)c9oc%10ccccc%10c9c7-8)c7ccccc7C)cc5C6(C)C)ccc3-4)cc21. The summed E-state index contributed by atoms with van der Waals surface area (Å²) < 4.78 is 22.1. The maximum Gasteiger partial charge on any atom is 0.143 e. The molecule has 0 fully saturated rings. The number of furan rings is 2. The highest BCUT2D eigenvalue weighted by Gasteiger charge is 2.49. The normalized spacial score (nSPS) is 16.0. The van der Waals surface area contributed by atoms with Crippen molar-refractivity contribution in [3.63, 3.8) is 0 Å². The van der Waals surface area contributed by atoms with Gasteiger partial charge < -0.3 is 18.5 Å². The van der Waals surface area contributed by atoms with E-state index in [1.54, 1.807) is 11.1 Å². The van der Waals surface area contributed by atoms with E-state index < -0.39 is 16.4 Å². The zero-order chi connectivity index (χ0) is 95.7. The molecule has 4 nitrogen and oxygen atoms in total. The summed E-state index contributed by atoms with van der Waals surface area (Å²) in [5.74, 6) is 0. The molecule has 0 N–H and O–H groups in total. The van der Waals surface area contributed by atoms with Gasteiger partial charge in [-0.2, -0.15) is 0 Å². The summed E-state index contributed by atoms with van der Waals surface area (Å²) in [5, 5.41) is 4.66. The summed E-state index contributed by atoms with van der Waals surface area (Å²) in [7, 11) is 0. The van der Waals surface area contributed by atoms with Crippen molar-refractivity contribution in [2.24, 2.45) is 0 Å². The molecule has 0 aliphatic heterocycles. The summed E-state index contributed by atoms with van der Waals surface area (Å²) in [5.41, 5.74) is 48.5. The fraction of sp³-hybridized carbons (Fsp3) is 0.338. The lowest BCUT2D eigenvalue weighted by molar-refractivity contribution is -0.0251. The summed E-state index contributed by atoms with van der Waals surface area (Å²) in [6, 6.07) is 109. The molecule has 706 valence electrons. The first-order valence-corrected chi connectivity index (χ1v) is 54.1. The molecule has 23 rings (SSSR count). The van der Waals surface area contributed by atoms with Crippen LogP contribution in [-0.4, -0.2) is 6.61 Å². The van der Waals surface area contributed by atoms with E-state index >= 15 is 0 Å². The maximum atomic E-state index is 7.47. The molecule has 2 aromatic heterocycles. The van der Waals surface area contributed by atoms with E-state index in [0.29, 0.717) is 0 Å². The van der Waals surface area contributed by atoms with Gasteiger partial charge in [0.1, 0.15) is 27.9 Å². The van der Waals surface area contributed by atoms with Gasteiger partial charge in [-0.25, -0.2) is 0 Å². The molecule has 2 heterocycles. The molecule has 140 heavy (non-hydrogen) atoms. The van der Waals surface area contributed by atoms with Gasteiger partial charge in [-0.1, -0.05) is 406 Å². The first-order chi connectivity index (χ1) is 68.2. The smallest absolute Gasteiger partial charge is 0.143 e. The van der Waals surface area contributed by atoms with Crippen LogP contribution in [0.3, 0.4) is 0 Å². The van der Waals surface area contributed by atoms with Gasteiger partial charge in [-0.3, -0.25) is 0 Å². The minimum atomic E-state index is -0.481. The topological polar surface area (TPSA) is 38.8 Å². The molecule has 0 saturated carbocycles. The van der Waals surface area contributed by atoms with Crippen molar-refractivity contribution in [1.29, 1.82) is 0 Å². The quantitative estimate of drug-likeness (QED) is 0.0371. The van der Waals surface area contributed by atoms with E-state index in [2.05, 4.69) is 374 Å². The molecule has 1 unspecified atom stereocenters. The zero-order valence-corrected chi connectivity index (χ0v) is 85.3. The van der Waals surface area contributed by atoms with Crippen molar-refractivity contribution in [3.8, 4) is 111 Å². The van der Waals surface area contributed by atoms with Crippen LogP contribution in [0, 0.1) is 6.92 Å². The van der Waals surface area contributed by atoms with Gasteiger partial charge in [-0.15, -0.1) is 0 Å². The molecule has 15 aromatic carbocycles. The monoisotopic (exact) mass is 1830 g/mol. The molecule has 0 spiro atoms. The highest BCUT2D eigenvalue weighted by molar-refractivity contribution is 6.21. The van der Waals surface area contributed by atoms with Crippen molar-refractivity contribution >= 4 is 60.9 Å². The predicted molar refractivity (Wildman–Crippen MR) is 594 cm³/mol.